The Hall–Kier alpha value is -2.54. The Morgan fingerprint density at radius 1 is 1.38 bits per heavy atom. The Kier molecular flexibility index (Phi) is 4.13. The third kappa shape index (κ3) is 2.55. The van der Waals surface area contributed by atoms with Gasteiger partial charge in [0.25, 0.3) is 0 Å². The summed E-state index contributed by atoms with van der Waals surface area (Å²) >= 11 is 0. The molecule has 2 aliphatic carbocycles. The molecular formula is C17H17NO3. The second kappa shape index (κ2) is 5.84. The van der Waals surface area contributed by atoms with Gasteiger partial charge in [-0.1, -0.05) is 32.0 Å². The zero-order valence-corrected chi connectivity index (χ0v) is 12.3. The fourth-order valence-electron chi connectivity index (χ4n) is 2.32. The molecule has 0 heterocycles. The van der Waals surface area contributed by atoms with Crippen LogP contribution in [0.2, 0.25) is 0 Å². The molecule has 0 spiro atoms. The summed E-state index contributed by atoms with van der Waals surface area (Å²) in [6.45, 7) is 5.99. The van der Waals surface area contributed by atoms with Gasteiger partial charge in [0.05, 0.1) is 6.61 Å². The molecule has 0 aromatic heterocycles. The molecule has 0 aliphatic heterocycles. The van der Waals surface area contributed by atoms with Crippen LogP contribution in [-0.4, -0.2) is 17.7 Å². The first-order chi connectivity index (χ1) is 10.0. The van der Waals surface area contributed by atoms with Crippen LogP contribution in [0.5, 0.6) is 5.75 Å². The van der Waals surface area contributed by atoms with Crippen LogP contribution in [0, 0.1) is 11.3 Å². The van der Waals surface area contributed by atoms with E-state index in [0.29, 0.717) is 11.1 Å². The van der Waals surface area contributed by atoms with Gasteiger partial charge in [-0.15, -0.1) is 0 Å². The summed E-state index contributed by atoms with van der Waals surface area (Å²) in [6, 6.07) is 9.31. The van der Waals surface area contributed by atoms with Crippen molar-refractivity contribution < 1.29 is 14.6 Å². The van der Waals surface area contributed by atoms with Gasteiger partial charge < -0.3 is 9.84 Å². The van der Waals surface area contributed by atoms with Crippen LogP contribution in [0.1, 0.15) is 48.2 Å². The minimum Gasteiger partial charge on any atom is -0.506 e. The molecule has 21 heavy (non-hydrogen) atoms. The van der Waals surface area contributed by atoms with Gasteiger partial charge in [0.1, 0.15) is 22.9 Å². The van der Waals surface area contributed by atoms with E-state index >= 15 is 0 Å². The van der Waals surface area contributed by atoms with E-state index in [4.69, 9.17) is 4.74 Å². The minimum atomic E-state index is -0.609. The van der Waals surface area contributed by atoms with Crippen LogP contribution in [-0.2, 0) is 4.74 Å². The summed E-state index contributed by atoms with van der Waals surface area (Å²) in [5, 5.41) is 19.4. The zero-order chi connectivity index (χ0) is 15.6. The molecule has 108 valence electrons. The van der Waals surface area contributed by atoms with Crippen molar-refractivity contribution in [3.63, 3.8) is 0 Å². The first-order valence-corrected chi connectivity index (χ1v) is 6.87. The van der Waals surface area contributed by atoms with E-state index in [0.717, 1.165) is 5.56 Å². The zero-order valence-electron chi connectivity index (χ0n) is 12.3. The average Bonchev–Trinajstić information content (AvgIpc) is 2.58. The second-order valence-electron chi connectivity index (χ2n) is 5.08. The van der Waals surface area contributed by atoms with E-state index in [9.17, 15) is 15.2 Å². The van der Waals surface area contributed by atoms with Gasteiger partial charge in [0, 0.05) is 11.1 Å². The van der Waals surface area contributed by atoms with Gasteiger partial charge in [0.15, 0.2) is 0 Å². The van der Waals surface area contributed by atoms with Gasteiger partial charge in [-0.25, -0.2) is 4.79 Å². The van der Waals surface area contributed by atoms with Crippen molar-refractivity contribution >= 4 is 5.97 Å². The van der Waals surface area contributed by atoms with E-state index in [-0.39, 0.29) is 29.4 Å². The van der Waals surface area contributed by atoms with Crippen molar-refractivity contribution in [3.05, 3.63) is 41.0 Å². The molecule has 0 aromatic rings. The van der Waals surface area contributed by atoms with Gasteiger partial charge in [0.2, 0.25) is 0 Å². The molecule has 0 fully saturated rings. The molecule has 0 aromatic carbocycles. The van der Waals surface area contributed by atoms with E-state index in [1.54, 1.807) is 13.0 Å². The minimum absolute atomic E-state index is 0.0708. The maximum Gasteiger partial charge on any atom is 0.342 e. The summed E-state index contributed by atoms with van der Waals surface area (Å²) in [5.41, 5.74) is 2.31. The highest BCUT2D eigenvalue weighted by Crippen LogP contribution is 2.41. The Bertz CT molecular complexity index is 698. The number of carbonyl (C=O) groups excluding carboxylic acids is 1. The number of ether oxygens (including phenoxy) is 1. The Morgan fingerprint density at radius 3 is 2.67 bits per heavy atom. The van der Waals surface area contributed by atoms with Crippen LogP contribution >= 0.6 is 0 Å². The molecule has 1 N–H and O–H groups in total. The number of esters is 1. The predicted octanol–water partition coefficient (Wildman–Crippen LogP) is 3.67. The van der Waals surface area contributed by atoms with Crippen LogP contribution in [0.4, 0.5) is 0 Å². The molecule has 2 aliphatic rings. The highest BCUT2D eigenvalue weighted by molar-refractivity contribution is 6.04. The summed E-state index contributed by atoms with van der Waals surface area (Å²) in [5.74, 6) is -0.646. The Labute approximate surface area is 123 Å². The van der Waals surface area contributed by atoms with Crippen LogP contribution in [0.3, 0.4) is 0 Å². The van der Waals surface area contributed by atoms with Crippen molar-refractivity contribution in [1.29, 1.82) is 5.26 Å². The summed E-state index contributed by atoms with van der Waals surface area (Å²) < 4.78 is 5.00. The van der Waals surface area contributed by atoms with E-state index < -0.39 is 5.97 Å². The van der Waals surface area contributed by atoms with Crippen molar-refractivity contribution in [2.75, 3.05) is 6.61 Å². The summed E-state index contributed by atoms with van der Waals surface area (Å²) in [4.78, 5) is 12.1. The quantitative estimate of drug-likeness (QED) is 0.872. The second-order valence-corrected chi connectivity index (χ2v) is 5.08. The van der Waals surface area contributed by atoms with Crippen molar-refractivity contribution in [3.8, 4) is 22.9 Å². The van der Waals surface area contributed by atoms with Crippen molar-refractivity contribution in [2.24, 2.45) is 0 Å². The lowest BCUT2D eigenvalue weighted by molar-refractivity contribution is 0.0524. The van der Waals surface area contributed by atoms with E-state index in [1.807, 2.05) is 38.1 Å². The number of hydrogen-bond donors (Lipinski definition) is 1. The van der Waals surface area contributed by atoms with Crippen LogP contribution in [0.25, 0.3) is 11.1 Å². The first kappa shape index (κ1) is 14.9. The lowest BCUT2D eigenvalue weighted by atomic mass is 10.0. The smallest absolute Gasteiger partial charge is 0.342 e. The van der Waals surface area contributed by atoms with Gasteiger partial charge in [-0.2, -0.15) is 5.26 Å². The standard InChI is InChI=1S/C17H17NO3/c1-4-21-17(20)15-13-8-11(10(2)3)6-5-7-12(13)14(9-18)16(15)19/h5-8,10,19H,4H2,1-3H3. The summed E-state index contributed by atoms with van der Waals surface area (Å²) in [7, 11) is 0. The molecule has 0 atom stereocenters. The fraction of sp³-hybridized carbons (Fsp3) is 0.294. The average molecular weight is 283 g/mol. The molecule has 4 nitrogen and oxygen atoms in total. The molecular weight excluding hydrogens is 266 g/mol. The normalized spacial score (nSPS) is 10.6. The number of nitriles is 1. The number of nitrogens with zero attached hydrogens (tertiary/aromatic N) is 1. The third-order valence-corrected chi connectivity index (χ3v) is 3.42. The van der Waals surface area contributed by atoms with E-state index in [2.05, 4.69) is 0 Å². The highest BCUT2D eigenvalue weighted by atomic mass is 16.5. The number of fused-ring (bicyclic) bond motifs is 1. The predicted molar refractivity (Wildman–Crippen MR) is 79.5 cm³/mol. The topological polar surface area (TPSA) is 70.3 Å². The van der Waals surface area contributed by atoms with Crippen LogP contribution < -0.4 is 0 Å². The van der Waals surface area contributed by atoms with E-state index in [1.165, 1.54) is 0 Å². The molecule has 0 saturated heterocycles. The lowest BCUT2D eigenvalue weighted by Gasteiger charge is -2.05. The maximum atomic E-state index is 12.1. The molecule has 0 bridgehead atoms. The number of hydrogen-bond acceptors (Lipinski definition) is 4. The van der Waals surface area contributed by atoms with Crippen LogP contribution in [0.15, 0.2) is 24.3 Å². The summed E-state index contributed by atoms with van der Waals surface area (Å²) in [6.07, 6.45) is 0. The maximum absolute atomic E-state index is 12.1. The molecule has 0 amide bonds. The molecule has 0 saturated carbocycles. The monoisotopic (exact) mass is 283 g/mol. The molecule has 0 radical (unpaired) electrons. The number of aromatic hydroxyl groups is 1. The molecule has 2 rings (SSSR count). The lowest BCUT2D eigenvalue weighted by Crippen LogP contribution is -2.04. The third-order valence-electron chi connectivity index (χ3n) is 3.42. The fourth-order valence-corrected chi connectivity index (χ4v) is 2.32. The number of carbonyl (C=O) groups is 1. The first-order valence-electron chi connectivity index (χ1n) is 6.87. The van der Waals surface area contributed by atoms with Crippen molar-refractivity contribution in [2.45, 2.75) is 26.7 Å². The van der Waals surface area contributed by atoms with Gasteiger partial charge >= 0.3 is 5.97 Å². The molecule has 4 heteroatoms. The Morgan fingerprint density at radius 2 is 2.10 bits per heavy atom. The SMILES string of the molecule is CCOC(=O)c1c2cc(C(C)C)cccc-2c(C#N)c1O. The largest absolute Gasteiger partial charge is 0.506 e. The van der Waals surface area contributed by atoms with Crippen molar-refractivity contribution in [1.82, 2.24) is 0 Å². The highest BCUT2D eigenvalue weighted by Gasteiger charge is 2.28. The van der Waals surface area contributed by atoms with Gasteiger partial charge in [-0.3, -0.25) is 0 Å². The Balaban J connectivity index is 2.78. The molecule has 0 unspecified atom stereocenters. The number of rotatable bonds is 3. The van der Waals surface area contributed by atoms with Gasteiger partial charge in [-0.05, 0) is 24.5 Å².